The van der Waals surface area contributed by atoms with E-state index in [1.807, 2.05) is 0 Å². The van der Waals surface area contributed by atoms with E-state index < -0.39 is 13.9 Å². The Hall–Kier alpha value is -0.830. The van der Waals surface area contributed by atoms with Gasteiger partial charge in [0.2, 0.25) is 0 Å². The Morgan fingerprint density at radius 3 is 2.82 bits per heavy atom. The van der Waals surface area contributed by atoms with Crippen LogP contribution in [0.3, 0.4) is 0 Å². The molecule has 0 aromatic carbocycles. The molecule has 0 spiro atoms. The zero-order valence-corrected chi connectivity index (χ0v) is 6.48. The van der Waals surface area contributed by atoms with E-state index >= 15 is 0 Å². The molecule has 4 nitrogen and oxygen atoms in total. The molecular weight excluding hydrogens is 165 g/mol. The van der Waals surface area contributed by atoms with Gasteiger partial charge in [0, 0.05) is 12.4 Å². The molecule has 0 amide bonds. The summed E-state index contributed by atoms with van der Waals surface area (Å²) in [6.45, 7) is 0. The van der Waals surface area contributed by atoms with Gasteiger partial charge in [-0.3, -0.25) is 4.98 Å². The molecule has 2 N–H and O–H groups in total. The number of hydrogen-bond acceptors (Lipinski definition) is 3. The zero-order chi connectivity index (χ0) is 8.27. The highest BCUT2D eigenvalue weighted by atomic mass is 31.1. The second kappa shape index (κ2) is 3.53. The lowest BCUT2D eigenvalue weighted by Gasteiger charge is -1.94. The highest BCUT2D eigenvalue weighted by Gasteiger charge is 2.27. The quantitative estimate of drug-likeness (QED) is 0.647. The van der Waals surface area contributed by atoms with E-state index in [9.17, 15) is 4.57 Å². The van der Waals surface area contributed by atoms with Gasteiger partial charge in [-0.25, -0.2) is 0 Å². The molecular formula is C6H7NO3P+. The number of rotatable bonds is 2. The minimum atomic E-state index is -2.57. The predicted molar refractivity (Wildman–Crippen MR) is 39.0 cm³/mol. The maximum atomic E-state index is 10.4. The summed E-state index contributed by atoms with van der Waals surface area (Å²) < 4.78 is 10.4. The third kappa shape index (κ3) is 2.05. The highest BCUT2D eigenvalue weighted by Crippen LogP contribution is 2.33. The fourth-order valence-corrected chi connectivity index (χ4v) is 1.06. The minimum Gasteiger partial charge on any atom is -0.345 e. The third-order valence-electron chi connectivity index (χ3n) is 1.19. The maximum absolute atomic E-state index is 10.4. The van der Waals surface area contributed by atoms with Crippen molar-refractivity contribution in [3.8, 4) is 0 Å². The van der Waals surface area contributed by atoms with Crippen molar-refractivity contribution in [1.82, 2.24) is 4.98 Å². The van der Waals surface area contributed by atoms with E-state index in [-0.39, 0.29) is 0 Å². The number of nitrogens with zero attached hydrogens (tertiary/aromatic N) is 1. The first-order chi connectivity index (χ1) is 5.22. The van der Waals surface area contributed by atoms with Gasteiger partial charge < -0.3 is 5.11 Å². The molecule has 2 atom stereocenters. The molecule has 58 valence electrons. The van der Waals surface area contributed by atoms with Crippen molar-refractivity contribution in [2.45, 2.75) is 5.85 Å². The van der Waals surface area contributed by atoms with Crippen LogP contribution in [0.15, 0.2) is 24.5 Å². The lowest BCUT2D eigenvalue weighted by Crippen LogP contribution is -1.91. The zero-order valence-electron chi connectivity index (χ0n) is 5.58. The highest BCUT2D eigenvalue weighted by molar-refractivity contribution is 7.38. The van der Waals surface area contributed by atoms with Gasteiger partial charge in [-0.05, 0) is 16.7 Å². The van der Waals surface area contributed by atoms with Crippen LogP contribution in [-0.2, 0) is 4.57 Å². The van der Waals surface area contributed by atoms with Crippen molar-refractivity contribution in [3.05, 3.63) is 30.1 Å². The smallest absolute Gasteiger partial charge is 0.345 e. The molecule has 0 aliphatic heterocycles. The average Bonchev–Trinajstić information content (AvgIpc) is 2.05. The normalized spacial score (nSPS) is 14.2. The average molecular weight is 172 g/mol. The fourth-order valence-electron chi connectivity index (χ4n) is 0.656. The summed E-state index contributed by atoms with van der Waals surface area (Å²) in [5.41, 5.74) is 0.358. The summed E-state index contributed by atoms with van der Waals surface area (Å²) in [4.78, 5) is 12.2. The number of aromatic nitrogens is 1. The van der Waals surface area contributed by atoms with E-state index in [1.165, 1.54) is 12.4 Å². The van der Waals surface area contributed by atoms with Crippen molar-refractivity contribution in [1.29, 1.82) is 0 Å². The summed E-state index contributed by atoms with van der Waals surface area (Å²) in [6.07, 6.45) is 2.88. The number of hydrogen-bond donors (Lipinski definition) is 2. The molecule has 1 rings (SSSR count). The third-order valence-corrected chi connectivity index (χ3v) is 1.91. The van der Waals surface area contributed by atoms with Crippen LogP contribution in [0.5, 0.6) is 0 Å². The largest absolute Gasteiger partial charge is 0.542 e. The number of aliphatic hydroxyl groups excluding tert-OH is 1. The van der Waals surface area contributed by atoms with Crippen molar-refractivity contribution < 1.29 is 14.6 Å². The van der Waals surface area contributed by atoms with E-state index in [2.05, 4.69) is 4.98 Å². The van der Waals surface area contributed by atoms with Crippen LogP contribution in [-0.4, -0.2) is 15.0 Å². The SMILES string of the molecule is O=[P+](O)C(O)c1cccnc1. The first-order valence-corrected chi connectivity index (χ1v) is 4.23. The Balaban J connectivity index is 2.85. The van der Waals surface area contributed by atoms with Crippen LogP contribution >= 0.6 is 8.03 Å². The van der Waals surface area contributed by atoms with Crippen LogP contribution in [0.2, 0.25) is 0 Å². The molecule has 0 saturated heterocycles. The van der Waals surface area contributed by atoms with Crippen molar-refractivity contribution >= 4 is 8.03 Å². The van der Waals surface area contributed by atoms with E-state index in [4.69, 9.17) is 10.00 Å². The summed E-state index contributed by atoms with van der Waals surface area (Å²) in [5.74, 6) is -1.32. The summed E-state index contributed by atoms with van der Waals surface area (Å²) in [5, 5.41) is 9.02. The molecule has 11 heavy (non-hydrogen) atoms. The topological polar surface area (TPSA) is 70.4 Å². The van der Waals surface area contributed by atoms with Gasteiger partial charge in [0.05, 0.1) is 5.56 Å². The van der Waals surface area contributed by atoms with Crippen molar-refractivity contribution in [2.24, 2.45) is 0 Å². The van der Waals surface area contributed by atoms with Gasteiger partial charge in [-0.2, -0.15) is 4.89 Å². The van der Waals surface area contributed by atoms with E-state index in [0.29, 0.717) is 5.56 Å². The number of pyridine rings is 1. The Kier molecular flexibility index (Phi) is 2.65. The van der Waals surface area contributed by atoms with Crippen LogP contribution in [0.25, 0.3) is 0 Å². The first-order valence-electron chi connectivity index (χ1n) is 2.95. The molecule has 0 saturated carbocycles. The Bertz CT molecular complexity index is 251. The maximum Gasteiger partial charge on any atom is 0.542 e. The van der Waals surface area contributed by atoms with Crippen molar-refractivity contribution in [3.63, 3.8) is 0 Å². The van der Waals surface area contributed by atoms with Crippen molar-refractivity contribution in [2.75, 3.05) is 0 Å². The molecule has 0 aliphatic rings. The fraction of sp³-hybridized carbons (Fsp3) is 0.167. The van der Waals surface area contributed by atoms with E-state index in [1.54, 1.807) is 12.1 Å². The molecule has 1 aromatic heterocycles. The summed E-state index contributed by atoms with van der Waals surface area (Å²) >= 11 is 0. The Morgan fingerprint density at radius 2 is 2.36 bits per heavy atom. The summed E-state index contributed by atoms with van der Waals surface area (Å²) in [7, 11) is -2.57. The molecule has 2 unspecified atom stereocenters. The molecule has 5 heteroatoms. The van der Waals surface area contributed by atoms with Gasteiger partial charge in [0.25, 0.3) is 0 Å². The molecule has 1 heterocycles. The first kappa shape index (κ1) is 8.27. The molecule has 1 aromatic rings. The van der Waals surface area contributed by atoms with Crippen LogP contribution < -0.4 is 0 Å². The van der Waals surface area contributed by atoms with Crippen LogP contribution in [0.4, 0.5) is 0 Å². The lowest BCUT2D eigenvalue weighted by molar-refractivity contribution is 0.242. The monoisotopic (exact) mass is 172 g/mol. The summed E-state index contributed by atoms with van der Waals surface area (Å²) in [6, 6.07) is 3.14. The molecule has 0 fully saturated rings. The van der Waals surface area contributed by atoms with Gasteiger partial charge >= 0.3 is 13.9 Å². The lowest BCUT2D eigenvalue weighted by atomic mass is 10.3. The van der Waals surface area contributed by atoms with Gasteiger partial charge in [0.1, 0.15) is 0 Å². The van der Waals surface area contributed by atoms with Crippen LogP contribution in [0, 0.1) is 0 Å². The van der Waals surface area contributed by atoms with Gasteiger partial charge in [-0.1, -0.05) is 0 Å². The Morgan fingerprint density at radius 1 is 1.64 bits per heavy atom. The second-order valence-corrected chi connectivity index (χ2v) is 3.06. The molecule has 0 radical (unpaired) electrons. The molecule has 0 bridgehead atoms. The number of aliphatic hydroxyl groups is 1. The second-order valence-electron chi connectivity index (χ2n) is 1.96. The predicted octanol–water partition coefficient (Wildman–Crippen LogP) is 0.807. The Labute approximate surface area is 64.4 Å². The van der Waals surface area contributed by atoms with Gasteiger partial charge in [-0.15, -0.1) is 0 Å². The molecule has 0 aliphatic carbocycles. The standard InChI is InChI=1S/C6H6NO3P/c8-6(11(9)10)5-2-1-3-7-4-5/h1-4,6,8H/p+1. The van der Waals surface area contributed by atoms with Crippen LogP contribution in [0.1, 0.15) is 11.4 Å². The van der Waals surface area contributed by atoms with E-state index in [0.717, 1.165) is 0 Å². The minimum absolute atomic E-state index is 0.358. The van der Waals surface area contributed by atoms with Gasteiger partial charge in [0.15, 0.2) is 0 Å².